The Labute approximate surface area is 220 Å². The molecule has 3 aliphatic rings. The zero-order chi connectivity index (χ0) is 27.6. The van der Waals surface area contributed by atoms with Gasteiger partial charge in [-0.15, -0.1) is 0 Å². The number of amides is 1. The summed E-state index contributed by atoms with van der Waals surface area (Å²) in [7, 11) is 1.95. The molecular weight excluding hydrogens is 500 g/mol. The topological polar surface area (TPSA) is 161 Å². The van der Waals surface area contributed by atoms with Crippen molar-refractivity contribution >= 4 is 29.1 Å². The molecule has 0 spiro atoms. The molecule has 1 aromatic carbocycles. The molecule has 0 aromatic heterocycles. The Bertz CT molecular complexity index is 1280. The summed E-state index contributed by atoms with van der Waals surface area (Å²) in [6.45, 7) is 7.71. The molecule has 3 atom stereocenters. The van der Waals surface area contributed by atoms with Gasteiger partial charge >= 0.3 is 0 Å². The van der Waals surface area contributed by atoms with Crippen LogP contribution in [-0.4, -0.2) is 62.0 Å². The SMILES string of the molecule is CN(CCC(C)(C)C)Cc1cc(O)c2c(c1Cl)CC1C[C@H]3CC(O)=C(C(N)=O)C(=O)[C@@]3(O)C(O)=C1C2=O. The summed E-state index contributed by atoms with van der Waals surface area (Å²) in [5, 5.41) is 43.8. The highest BCUT2D eigenvalue weighted by Crippen LogP contribution is 2.52. The van der Waals surface area contributed by atoms with Crippen LogP contribution in [0.15, 0.2) is 28.7 Å². The predicted octanol–water partition coefficient (Wildman–Crippen LogP) is 3.10. The van der Waals surface area contributed by atoms with E-state index in [1.165, 1.54) is 6.07 Å². The van der Waals surface area contributed by atoms with Crippen molar-refractivity contribution in [2.45, 2.75) is 58.6 Å². The van der Waals surface area contributed by atoms with E-state index in [2.05, 4.69) is 25.7 Å². The quantitative estimate of drug-likeness (QED) is 0.361. The van der Waals surface area contributed by atoms with Crippen LogP contribution in [0.2, 0.25) is 5.02 Å². The van der Waals surface area contributed by atoms with Crippen LogP contribution in [0.25, 0.3) is 0 Å². The maximum Gasteiger partial charge on any atom is 0.255 e. The molecule has 3 aliphatic carbocycles. The highest BCUT2D eigenvalue weighted by atomic mass is 35.5. The van der Waals surface area contributed by atoms with Crippen LogP contribution in [0.4, 0.5) is 0 Å². The lowest BCUT2D eigenvalue weighted by Gasteiger charge is -2.45. The number of primary amides is 1. The first kappa shape index (κ1) is 27.2. The number of aromatic hydroxyl groups is 1. The minimum absolute atomic E-state index is 0.0652. The first-order chi connectivity index (χ1) is 17.1. The van der Waals surface area contributed by atoms with Gasteiger partial charge in [-0.1, -0.05) is 32.4 Å². The summed E-state index contributed by atoms with van der Waals surface area (Å²) >= 11 is 6.76. The van der Waals surface area contributed by atoms with Crippen molar-refractivity contribution in [3.63, 3.8) is 0 Å². The maximum atomic E-state index is 13.6. The third-order valence-electron chi connectivity index (χ3n) is 7.75. The second-order valence-electron chi connectivity index (χ2n) is 11.7. The summed E-state index contributed by atoms with van der Waals surface area (Å²) in [5.41, 5.74) is 2.81. The van der Waals surface area contributed by atoms with Crippen LogP contribution in [0.1, 0.15) is 61.5 Å². The van der Waals surface area contributed by atoms with Crippen molar-refractivity contribution in [2.24, 2.45) is 23.0 Å². The Morgan fingerprint density at radius 3 is 2.46 bits per heavy atom. The molecule has 0 heterocycles. The number of fused-ring (bicyclic) bond motifs is 3. The van der Waals surface area contributed by atoms with Gasteiger partial charge in [0.25, 0.3) is 5.91 Å². The maximum absolute atomic E-state index is 13.6. The van der Waals surface area contributed by atoms with E-state index in [0.717, 1.165) is 13.0 Å². The Balaban J connectivity index is 1.74. The van der Waals surface area contributed by atoms with Crippen LogP contribution < -0.4 is 5.73 Å². The van der Waals surface area contributed by atoms with E-state index in [0.29, 0.717) is 22.7 Å². The largest absolute Gasteiger partial charge is 0.511 e. The zero-order valence-electron chi connectivity index (χ0n) is 21.4. The monoisotopic (exact) mass is 532 g/mol. The summed E-state index contributed by atoms with van der Waals surface area (Å²) in [5.74, 6) is -6.55. The number of hydrogen-bond acceptors (Lipinski definition) is 8. The van der Waals surface area contributed by atoms with Gasteiger partial charge in [-0.2, -0.15) is 0 Å². The van der Waals surface area contributed by atoms with Crippen molar-refractivity contribution in [3.8, 4) is 5.75 Å². The number of hydrogen-bond donors (Lipinski definition) is 5. The van der Waals surface area contributed by atoms with Crippen LogP contribution in [-0.2, 0) is 22.6 Å². The zero-order valence-corrected chi connectivity index (χ0v) is 22.1. The minimum Gasteiger partial charge on any atom is -0.511 e. The van der Waals surface area contributed by atoms with Crippen LogP contribution in [0.5, 0.6) is 5.75 Å². The molecule has 4 rings (SSSR count). The number of carbonyl (C=O) groups is 3. The number of halogens is 1. The van der Waals surface area contributed by atoms with E-state index in [4.69, 9.17) is 17.3 Å². The summed E-state index contributed by atoms with van der Waals surface area (Å²) < 4.78 is 0. The van der Waals surface area contributed by atoms with Crippen LogP contribution >= 0.6 is 11.6 Å². The average Bonchev–Trinajstić information content (AvgIpc) is 2.77. The fourth-order valence-corrected chi connectivity index (χ4v) is 6.02. The molecular formula is C27H33ClN2O7. The first-order valence-electron chi connectivity index (χ1n) is 12.3. The van der Waals surface area contributed by atoms with E-state index < -0.39 is 52.0 Å². The Hall–Kier alpha value is -2.88. The molecule has 6 N–H and O–H groups in total. The second-order valence-corrected chi connectivity index (χ2v) is 12.1. The van der Waals surface area contributed by atoms with Crippen molar-refractivity contribution in [2.75, 3.05) is 13.6 Å². The van der Waals surface area contributed by atoms with Gasteiger partial charge in [-0.3, -0.25) is 14.4 Å². The molecule has 0 aliphatic heterocycles. The smallest absolute Gasteiger partial charge is 0.255 e. The number of phenols is 1. The van der Waals surface area contributed by atoms with E-state index >= 15 is 0 Å². The third kappa shape index (κ3) is 4.43. The number of nitrogens with zero attached hydrogens (tertiary/aromatic N) is 1. The molecule has 37 heavy (non-hydrogen) atoms. The lowest BCUT2D eigenvalue weighted by molar-refractivity contribution is -0.144. The van der Waals surface area contributed by atoms with Crippen LogP contribution in [0, 0.1) is 17.3 Å². The lowest BCUT2D eigenvalue weighted by atomic mass is 9.60. The third-order valence-corrected chi connectivity index (χ3v) is 8.22. The molecule has 0 bridgehead atoms. The lowest BCUT2D eigenvalue weighted by Crippen LogP contribution is -2.57. The number of nitrogens with two attached hydrogens (primary N) is 1. The molecule has 1 unspecified atom stereocenters. The highest BCUT2D eigenvalue weighted by molar-refractivity contribution is 6.33. The van der Waals surface area contributed by atoms with Gasteiger partial charge in [0.15, 0.2) is 11.4 Å². The normalized spacial score (nSPS) is 25.8. The summed E-state index contributed by atoms with van der Waals surface area (Å²) in [4.78, 5) is 40.4. The number of Topliss-reactive ketones (excluding diaryl/α,β-unsaturated/α-hetero) is 2. The number of aliphatic hydroxyl groups is 3. The van der Waals surface area contributed by atoms with Crippen LogP contribution in [0.3, 0.4) is 0 Å². The molecule has 0 fully saturated rings. The van der Waals surface area contributed by atoms with Gasteiger partial charge in [-0.25, -0.2) is 0 Å². The number of aliphatic hydroxyl groups excluding tert-OH is 2. The molecule has 1 amide bonds. The van der Waals surface area contributed by atoms with E-state index in [1.807, 2.05) is 7.05 Å². The number of carbonyl (C=O) groups excluding carboxylic acids is 3. The molecule has 10 heteroatoms. The van der Waals surface area contributed by atoms with Crippen molar-refractivity contribution in [1.29, 1.82) is 0 Å². The summed E-state index contributed by atoms with van der Waals surface area (Å²) in [6, 6.07) is 1.43. The average molecular weight is 533 g/mol. The highest BCUT2D eigenvalue weighted by Gasteiger charge is 2.59. The Morgan fingerprint density at radius 1 is 1.22 bits per heavy atom. The molecule has 1 aromatic rings. The molecule has 200 valence electrons. The number of ketones is 2. The van der Waals surface area contributed by atoms with Gasteiger partial charge in [0.2, 0.25) is 5.78 Å². The van der Waals surface area contributed by atoms with Gasteiger partial charge < -0.3 is 31.1 Å². The molecule has 9 nitrogen and oxygen atoms in total. The number of phenolic OH excluding ortho intramolecular Hbond substituents is 1. The molecule has 0 saturated carbocycles. The van der Waals surface area contributed by atoms with Crippen molar-refractivity contribution < 1.29 is 34.8 Å². The Morgan fingerprint density at radius 2 is 1.86 bits per heavy atom. The number of rotatable bonds is 5. The fourth-order valence-electron chi connectivity index (χ4n) is 5.73. The standard InChI is InChI=1S/C27H33ClN2O7/c1-26(2,3)5-6-30(4)11-13-9-16(31)19-15(21(13)28)8-12-7-14-10-17(32)20(25(29)36)24(35)27(14,37)23(34)18(12)22(19)33/h9,12,14,31-32,34,37H,5-8,10-11H2,1-4H3,(H2,29,36)/t12?,14-,27-/m0/s1. The van der Waals surface area contributed by atoms with Crippen molar-refractivity contribution in [1.82, 2.24) is 4.90 Å². The fraction of sp³-hybridized carbons (Fsp3) is 0.519. The second kappa shape index (κ2) is 9.15. The van der Waals surface area contributed by atoms with Gasteiger partial charge in [-0.05, 0) is 61.4 Å². The summed E-state index contributed by atoms with van der Waals surface area (Å²) in [6.07, 6.45) is 0.927. The Kier molecular flexibility index (Phi) is 6.72. The van der Waals surface area contributed by atoms with Gasteiger partial charge in [0.05, 0.1) is 5.56 Å². The minimum atomic E-state index is -2.58. The van der Waals surface area contributed by atoms with E-state index in [-0.39, 0.29) is 41.6 Å². The number of benzene rings is 1. The first-order valence-corrected chi connectivity index (χ1v) is 12.6. The predicted molar refractivity (Wildman–Crippen MR) is 136 cm³/mol. The van der Waals surface area contributed by atoms with Gasteiger partial charge in [0, 0.05) is 29.5 Å². The van der Waals surface area contributed by atoms with Gasteiger partial charge in [0.1, 0.15) is 22.8 Å². The molecule has 0 radical (unpaired) electrons. The number of allylic oxidation sites excluding steroid dienone is 2. The molecule has 0 saturated heterocycles. The van der Waals surface area contributed by atoms with Crippen molar-refractivity contribution in [3.05, 3.63) is 50.4 Å². The van der Waals surface area contributed by atoms with E-state index in [1.54, 1.807) is 0 Å². The van der Waals surface area contributed by atoms with E-state index in [9.17, 15) is 34.8 Å².